The van der Waals surface area contributed by atoms with Crippen molar-refractivity contribution in [1.82, 2.24) is 9.80 Å². The zero-order valence-corrected chi connectivity index (χ0v) is 13.3. The largest absolute Gasteiger partial charge is 0.444 e. The number of β-amino-alcohol motifs (C(OH)–C–C–N with tert-alkyl or cyclic N) is 1. The Hall–Kier alpha value is -1.41. The number of amides is 1. The van der Waals surface area contributed by atoms with Crippen molar-refractivity contribution >= 4 is 6.09 Å². The second kappa shape index (κ2) is 6.57. The fraction of sp³-hybridized carbons (Fsp3) is 0.812. The van der Waals surface area contributed by atoms with Gasteiger partial charge in [-0.1, -0.05) is 5.92 Å². The van der Waals surface area contributed by atoms with E-state index in [0.29, 0.717) is 13.1 Å². The smallest absolute Gasteiger partial charge is 0.411 e. The fourth-order valence-corrected chi connectivity index (χ4v) is 2.63. The zero-order valence-electron chi connectivity index (χ0n) is 13.3. The normalized spacial score (nSPS) is 26.3. The minimum atomic E-state index is -0.481. The van der Waals surface area contributed by atoms with Crippen molar-refractivity contribution in [2.75, 3.05) is 19.6 Å². The molecule has 2 aliphatic heterocycles. The van der Waals surface area contributed by atoms with E-state index in [1.54, 1.807) is 4.90 Å². The highest BCUT2D eigenvalue weighted by atomic mass is 16.6. The SMILES string of the molecule is CC(C)(C)OC(=O)N1CCCCC1C#CN1CCC(O)C1. The maximum atomic E-state index is 12.3. The Labute approximate surface area is 127 Å². The van der Waals surface area contributed by atoms with Crippen LogP contribution in [0, 0.1) is 12.0 Å². The predicted molar refractivity (Wildman–Crippen MR) is 80.6 cm³/mol. The molecule has 2 aliphatic rings. The van der Waals surface area contributed by atoms with E-state index in [4.69, 9.17) is 4.74 Å². The number of likely N-dealkylation sites (tertiary alicyclic amines) is 2. The number of carbonyl (C=O) groups excluding carboxylic acids is 1. The number of carbonyl (C=O) groups is 1. The molecule has 2 saturated heterocycles. The van der Waals surface area contributed by atoms with Crippen molar-refractivity contribution in [2.24, 2.45) is 0 Å². The second-order valence-electron chi connectivity index (χ2n) is 6.83. The van der Waals surface area contributed by atoms with E-state index < -0.39 is 5.60 Å². The van der Waals surface area contributed by atoms with Gasteiger partial charge in [0.1, 0.15) is 5.60 Å². The first kappa shape index (κ1) is 16.0. The highest BCUT2D eigenvalue weighted by Crippen LogP contribution is 2.20. The van der Waals surface area contributed by atoms with E-state index in [1.807, 2.05) is 25.7 Å². The molecule has 21 heavy (non-hydrogen) atoms. The summed E-state index contributed by atoms with van der Waals surface area (Å²) in [7, 11) is 0. The lowest BCUT2D eigenvalue weighted by atomic mass is 10.0. The average molecular weight is 294 g/mol. The lowest BCUT2D eigenvalue weighted by Gasteiger charge is -2.34. The minimum absolute atomic E-state index is 0.0775. The molecule has 5 heteroatoms. The third-order valence-corrected chi connectivity index (χ3v) is 3.68. The van der Waals surface area contributed by atoms with Crippen molar-refractivity contribution in [1.29, 1.82) is 0 Å². The Morgan fingerprint density at radius 2 is 2.00 bits per heavy atom. The number of hydrogen-bond acceptors (Lipinski definition) is 4. The molecule has 5 nitrogen and oxygen atoms in total. The van der Waals surface area contributed by atoms with Gasteiger partial charge in [0.05, 0.1) is 18.7 Å². The molecule has 2 heterocycles. The standard InChI is InChI=1S/C16H26N2O3/c1-16(2,3)21-15(20)18-9-5-4-6-13(18)7-10-17-11-8-14(19)12-17/h13-14,19H,4-6,8-9,11-12H2,1-3H3. The number of ether oxygens (including phenoxy) is 1. The summed E-state index contributed by atoms with van der Waals surface area (Å²) in [5, 5.41) is 9.51. The summed E-state index contributed by atoms with van der Waals surface area (Å²) in [4.78, 5) is 15.9. The summed E-state index contributed by atoms with van der Waals surface area (Å²) in [6, 6.07) is 3.03. The van der Waals surface area contributed by atoms with E-state index >= 15 is 0 Å². The number of hydrogen-bond donors (Lipinski definition) is 1. The van der Waals surface area contributed by atoms with Gasteiger partial charge in [-0.05, 0) is 46.5 Å². The Kier molecular flexibility index (Phi) is 5.00. The molecule has 0 aliphatic carbocycles. The monoisotopic (exact) mass is 294 g/mol. The maximum absolute atomic E-state index is 12.3. The van der Waals surface area contributed by atoms with Crippen LogP contribution in [0.5, 0.6) is 0 Å². The van der Waals surface area contributed by atoms with Crippen LogP contribution >= 0.6 is 0 Å². The first-order chi connectivity index (χ1) is 9.85. The number of nitrogens with zero attached hydrogens (tertiary/aromatic N) is 2. The number of rotatable bonds is 0. The molecule has 2 unspecified atom stereocenters. The quantitative estimate of drug-likeness (QED) is 0.692. The lowest BCUT2D eigenvalue weighted by Crippen LogP contribution is -2.45. The zero-order chi connectivity index (χ0) is 15.5. The van der Waals surface area contributed by atoms with Gasteiger partial charge in [0.2, 0.25) is 0 Å². The van der Waals surface area contributed by atoms with Crippen LogP contribution in [-0.4, -0.2) is 58.4 Å². The van der Waals surface area contributed by atoms with Gasteiger partial charge in [-0.2, -0.15) is 0 Å². The Bertz CT molecular complexity index is 433. The van der Waals surface area contributed by atoms with Crippen molar-refractivity contribution in [3.63, 3.8) is 0 Å². The van der Waals surface area contributed by atoms with E-state index in [0.717, 1.165) is 32.2 Å². The molecule has 0 saturated carbocycles. The van der Waals surface area contributed by atoms with Crippen LogP contribution in [0.3, 0.4) is 0 Å². The van der Waals surface area contributed by atoms with E-state index in [9.17, 15) is 9.90 Å². The number of aliphatic hydroxyl groups excluding tert-OH is 1. The van der Waals surface area contributed by atoms with Crippen LogP contribution in [-0.2, 0) is 4.74 Å². The highest BCUT2D eigenvalue weighted by molar-refractivity contribution is 5.69. The molecule has 118 valence electrons. The first-order valence-corrected chi connectivity index (χ1v) is 7.79. The van der Waals surface area contributed by atoms with Crippen molar-refractivity contribution in [2.45, 2.75) is 64.2 Å². The van der Waals surface area contributed by atoms with E-state index in [-0.39, 0.29) is 18.2 Å². The molecule has 0 aromatic rings. The average Bonchev–Trinajstić information content (AvgIpc) is 2.80. The van der Waals surface area contributed by atoms with Gasteiger partial charge in [0.15, 0.2) is 0 Å². The molecule has 0 radical (unpaired) electrons. The van der Waals surface area contributed by atoms with Crippen LogP contribution < -0.4 is 0 Å². The molecule has 0 spiro atoms. The minimum Gasteiger partial charge on any atom is -0.444 e. The molecular formula is C16H26N2O3. The molecule has 1 N–H and O–H groups in total. The van der Waals surface area contributed by atoms with Gasteiger partial charge in [-0.3, -0.25) is 4.90 Å². The third-order valence-electron chi connectivity index (χ3n) is 3.68. The Balaban J connectivity index is 1.99. The van der Waals surface area contributed by atoms with Crippen molar-refractivity contribution in [3.05, 3.63) is 0 Å². The summed E-state index contributed by atoms with van der Waals surface area (Å²) < 4.78 is 5.46. The van der Waals surface area contributed by atoms with Gasteiger partial charge in [-0.25, -0.2) is 4.79 Å². The highest BCUT2D eigenvalue weighted by Gasteiger charge is 2.29. The van der Waals surface area contributed by atoms with Gasteiger partial charge in [-0.15, -0.1) is 0 Å². The van der Waals surface area contributed by atoms with Gasteiger partial charge >= 0.3 is 6.09 Å². The molecule has 0 aromatic heterocycles. The van der Waals surface area contributed by atoms with Crippen LogP contribution in [0.1, 0.15) is 46.5 Å². The molecule has 1 amide bonds. The number of aliphatic hydroxyl groups is 1. The fourth-order valence-electron chi connectivity index (χ4n) is 2.63. The van der Waals surface area contributed by atoms with E-state index in [2.05, 4.69) is 12.0 Å². The van der Waals surface area contributed by atoms with Crippen LogP contribution in [0.4, 0.5) is 4.79 Å². The van der Waals surface area contributed by atoms with Crippen LogP contribution in [0.2, 0.25) is 0 Å². The second-order valence-corrected chi connectivity index (χ2v) is 6.83. The summed E-state index contributed by atoms with van der Waals surface area (Å²) in [5.74, 6) is 3.19. The molecule has 2 atom stereocenters. The Morgan fingerprint density at radius 3 is 2.62 bits per heavy atom. The first-order valence-electron chi connectivity index (χ1n) is 7.79. The number of piperidine rings is 1. The third kappa shape index (κ3) is 4.82. The van der Waals surface area contributed by atoms with Crippen LogP contribution in [0.25, 0.3) is 0 Å². The summed E-state index contributed by atoms with van der Waals surface area (Å²) in [5.41, 5.74) is -0.481. The summed E-state index contributed by atoms with van der Waals surface area (Å²) >= 11 is 0. The maximum Gasteiger partial charge on any atom is 0.411 e. The van der Waals surface area contributed by atoms with Crippen LogP contribution in [0.15, 0.2) is 0 Å². The predicted octanol–water partition coefficient (Wildman–Crippen LogP) is 1.80. The van der Waals surface area contributed by atoms with Gasteiger partial charge < -0.3 is 14.7 Å². The topological polar surface area (TPSA) is 53.0 Å². The van der Waals surface area contributed by atoms with Crippen molar-refractivity contribution < 1.29 is 14.6 Å². The lowest BCUT2D eigenvalue weighted by molar-refractivity contribution is 0.0158. The molecular weight excluding hydrogens is 268 g/mol. The molecule has 2 rings (SSSR count). The Morgan fingerprint density at radius 1 is 1.24 bits per heavy atom. The molecule has 2 fully saturated rings. The summed E-state index contributed by atoms with van der Waals surface area (Å²) in [6.07, 6.45) is 3.20. The van der Waals surface area contributed by atoms with Gasteiger partial charge in [0, 0.05) is 19.1 Å². The van der Waals surface area contributed by atoms with E-state index in [1.165, 1.54) is 0 Å². The van der Waals surface area contributed by atoms with Gasteiger partial charge in [0.25, 0.3) is 0 Å². The molecule has 0 bridgehead atoms. The van der Waals surface area contributed by atoms with Crippen molar-refractivity contribution in [3.8, 4) is 12.0 Å². The molecule has 0 aromatic carbocycles. The summed E-state index contributed by atoms with van der Waals surface area (Å²) in [6.45, 7) is 7.74.